The molecule has 2 N–H and O–H groups in total. The number of aromatic amines is 1. The molecule has 2 aromatic heterocycles. The zero-order chi connectivity index (χ0) is 15.7. The fraction of sp³-hybridized carbons (Fsp3) is 0.267. The number of rotatable bonds is 4. The smallest absolute Gasteiger partial charge is 0.263 e. The van der Waals surface area contributed by atoms with Gasteiger partial charge in [-0.05, 0) is 31.5 Å². The highest BCUT2D eigenvalue weighted by molar-refractivity contribution is 6.00. The maximum atomic E-state index is 12.0. The van der Waals surface area contributed by atoms with Gasteiger partial charge in [-0.2, -0.15) is 10.2 Å². The van der Waals surface area contributed by atoms with Crippen LogP contribution in [0.15, 0.2) is 24.3 Å². The summed E-state index contributed by atoms with van der Waals surface area (Å²) in [4.78, 5) is 12.0. The number of fused-ring (bicyclic) bond motifs is 1. The standard InChI is InChI=1S/C15H17N5O2/c1-9-5-4-6-11(7-9)22-8-12(21)16-14-13-10(2)19-20(3)15(13)18-17-14/h4-7H,8H2,1-3H3,(H2,16,17,18,21). The highest BCUT2D eigenvalue weighted by Crippen LogP contribution is 2.23. The van der Waals surface area contributed by atoms with E-state index in [1.54, 1.807) is 4.68 Å². The van der Waals surface area contributed by atoms with Gasteiger partial charge in [0.1, 0.15) is 11.6 Å². The van der Waals surface area contributed by atoms with Crippen molar-refractivity contribution in [3.05, 3.63) is 35.5 Å². The summed E-state index contributed by atoms with van der Waals surface area (Å²) in [5.74, 6) is 0.955. The van der Waals surface area contributed by atoms with E-state index in [4.69, 9.17) is 4.74 Å². The topological polar surface area (TPSA) is 84.8 Å². The van der Waals surface area contributed by atoms with Crippen molar-refractivity contribution >= 4 is 22.8 Å². The quantitative estimate of drug-likeness (QED) is 0.771. The average molecular weight is 299 g/mol. The molecule has 0 spiro atoms. The summed E-state index contributed by atoms with van der Waals surface area (Å²) in [6, 6.07) is 7.56. The maximum absolute atomic E-state index is 12.0. The Kier molecular flexibility index (Phi) is 3.54. The maximum Gasteiger partial charge on any atom is 0.263 e. The minimum absolute atomic E-state index is 0.0662. The van der Waals surface area contributed by atoms with Crippen LogP contribution in [-0.4, -0.2) is 32.5 Å². The van der Waals surface area contributed by atoms with Gasteiger partial charge in [-0.3, -0.25) is 9.89 Å². The van der Waals surface area contributed by atoms with Gasteiger partial charge in [0.25, 0.3) is 5.91 Å². The van der Waals surface area contributed by atoms with Gasteiger partial charge in [-0.1, -0.05) is 12.1 Å². The molecular formula is C15H17N5O2. The van der Waals surface area contributed by atoms with E-state index in [1.165, 1.54) is 0 Å². The molecule has 7 heteroatoms. The van der Waals surface area contributed by atoms with Crippen LogP contribution in [0.5, 0.6) is 5.75 Å². The van der Waals surface area contributed by atoms with Gasteiger partial charge >= 0.3 is 0 Å². The van der Waals surface area contributed by atoms with E-state index in [9.17, 15) is 4.79 Å². The van der Waals surface area contributed by atoms with Crippen molar-refractivity contribution in [1.82, 2.24) is 20.0 Å². The molecule has 0 radical (unpaired) electrons. The molecule has 7 nitrogen and oxygen atoms in total. The predicted octanol–water partition coefficient (Wildman–Crippen LogP) is 1.93. The van der Waals surface area contributed by atoms with Gasteiger partial charge in [0.05, 0.1) is 11.1 Å². The fourth-order valence-electron chi connectivity index (χ4n) is 2.35. The molecule has 0 aliphatic rings. The van der Waals surface area contributed by atoms with Crippen molar-refractivity contribution in [2.75, 3.05) is 11.9 Å². The monoisotopic (exact) mass is 299 g/mol. The lowest BCUT2D eigenvalue weighted by molar-refractivity contribution is -0.118. The summed E-state index contributed by atoms with van der Waals surface area (Å²) >= 11 is 0. The molecule has 114 valence electrons. The third-order valence-corrected chi connectivity index (χ3v) is 3.34. The number of anilines is 1. The van der Waals surface area contributed by atoms with E-state index in [1.807, 2.05) is 45.2 Å². The van der Waals surface area contributed by atoms with Crippen LogP contribution in [0.1, 0.15) is 11.3 Å². The first-order chi connectivity index (χ1) is 10.5. The van der Waals surface area contributed by atoms with Crippen LogP contribution in [-0.2, 0) is 11.8 Å². The number of nitrogens with zero attached hydrogens (tertiary/aromatic N) is 3. The fourth-order valence-corrected chi connectivity index (χ4v) is 2.35. The summed E-state index contributed by atoms with van der Waals surface area (Å²) in [7, 11) is 1.81. The summed E-state index contributed by atoms with van der Waals surface area (Å²) < 4.78 is 7.14. The van der Waals surface area contributed by atoms with Crippen molar-refractivity contribution < 1.29 is 9.53 Å². The number of H-pyrrole nitrogens is 1. The van der Waals surface area contributed by atoms with Crippen LogP contribution in [0.2, 0.25) is 0 Å². The SMILES string of the molecule is Cc1cccc(OCC(=O)Nc2[nH]nc3c2c(C)nn3C)c1. The number of carbonyl (C=O) groups excluding carboxylic acids is 1. The predicted molar refractivity (Wildman–Crippen MR) is 82.9 cm³/mol. The van der Waals surface area contributed by atoms with Crippen molar-refractivity contribution in [2.24, 2.45) is 7.05 Å². The van der Waals surface area contributed by atoms with Gasteiger partial charge in [0.2, 0.25) is 0 Å². The number of aromatic nitrogens is 4. The first-order valence-corrected chi connectivity index (χ1v) is 6.91. The number of hydrogen-bond acceptors (Lipinski definition) is 4. The van der Waals surface area contributed by atoms with Crippen LogP contribution in [0.3, 0.4) is 0 Å². The van der Waals surface area contributed by atoms with E-state index in [0.717, 1.165) is 16.6 Å². The van der Waals surface area contributed by atoms with Gasteiger partial charge < -0.3 is 10.1 Å². The van der Waals surface area contributed by atoms with Crippen LogP contribution < -0.4 is 10.1 Å². The van der Waals surface area contributed by atoms with E-state index < -0.39 is 0 Å². The molecule has 0 bridgehead atoms. The van der Waals surface area contributed by atoms with Crippen LogP contribution >= 0.6 is 0 Å². The number of carbonyl (C=O) groups is 1. The third-order valence-electron chi connectivity index (χ3n) is 3.34. The third kappa shape index (κ3) is 2.65. The van der Waals surface area contributed by atoms with Gasteiger partial charge in [-0.25, -0.2) is 4.68 Å². The Hall–Kier alpha value is -2.83. The molecule has 0 aliphatic heterocycles. The lowest BCUT2D eigenvalue weighted by atomic mass is 10.2. The van der Waals surface area contributed by atoms with Crippen LogP contribution in [0, 0.1) is 13.8 Å². The number of nitrogens with one attached hydrogen (secondary N) is 2. The Balaban J connectivity index is 1.68. The molecule has 2 heterocycles. The first kappa shape index (κ1) is 14.1. The van der Waals surface area contributed by atoms with E-state index in [0.29, 0.717) is 17.2 Å². The molecule has 0 fully saturated rings. The second kappa shape index (κ2) is 5.51. The average Bonchev–Trinajstić information content (AvgIpc) is 3.00. The lowest BCUT2D eigenvalue weighted by Crippen LogP contribution is -2.20. The van der Waals surface area contributed by atoms with E-state index in [-0.39, 0.29) is 12.5 Å². The Morgan fingerprint density at radius 1 is 1.41 bits per heavy atom. The second-order valence-corrected chi connectivity index (χ2v) is 5.16. The molecule has 0 atom stereocenters. The number of amides is 1. The molecule has 0 unspecified atom stereocenters. The number of ether oxygens (including phenoxy) is 1. The van der Waals surface area contributed by atoms with Gasteiger partial charge in [0, 0.05) is 7.05 Å². The minimum atomic E-state index is -0.254. The zero-order valence-electron chi connectivity index (χ0n) is 12.7. The van der Waals surface area contributed by atoms with Crippen LogP contribution in [0.4, 0.5) is 5.82 Å². The summed E-state index contributed by atoms with van der Waals surface area (Å²) in [5.41, 5.74) is 2.59. The van der Waals surface area contributed by atoms with Crippen molar-refractivity contribution in [1.29, 1.82) is 0 Å². The summed E-state index contributed by atoms with van der Waals surface area (Å²) in [6.07, 6.45) is 0. The Morgan fingerprint density at radius 2 is 2.23 bits per heavy atom. The molecule has 3 aromatic rings. The Bertz CT molecular complexity index is 834. The Labute approximate surface area is 127 Å². The minimum Gasteiger partial charge on any atom is -0.484 e. The largest absolute Gasteiger partial charge is 0.484 e. The lowest BCUT2D eigenvalue weighted by Gasteiger charge is -2.07. The normalized spacial score (nSPS) is 10.9. The molecule has 0 aliphatic carbocycles. The van der Waals surface area contributed by atoms with Crippen molar-refractivity contribution in [3.63, 3.8) is 0 Å². The van der Waals surface area contributed by atoms with Crippen molar-refractivity contribution in [2.45, 2.75) is 13.8 Å². The first-order valence-electron chi connectivity index (χ1n) is 6.91. The highest BCUT2D eigenvalue weighted by Gasteiger charge is 2.15. The summed E-state index contributed by atoms with van der Waals surface area (Å²) in [5, 5.41) is 14.8. The van der Waals surface area contributed by atoms with E-state index in [2.05, 4.69) is 20.6 Å². The van der Waals surface area contributed by atoms with E-state index >= 15 is 0 Å². The van der Waals surface area contributed by atoms with Gasteiger partial charge in [-0.15, -0.1) is 0 Å². The highest BCUT2D eigenvalue weighted by atomic mass is 16.5. The van der Waals surface area contributed by atoms with Crippen molar-refractivity contribution in [3.8, 4) is 5.75 Å². The molecule has 0 saturated heterocycles. The number of hydrogen-bond donors (Lipinski definition) is 2. The molecule has 0 saturated carbocycles. The van der Waals surface area contributed by atoms with Gasteiger partial charge in [0.15, 0.2) is 12.3 Å². The molecule has 1 aromatic carbocycles. The van der Waals surface area contributed by atoms with Crippen LogP contribution in [0.25, 0.3) is 11.0 Å². The molecular weight excluding hydrogens is 282 g/mol. The zero-order valence-corrected chi connectivity index (χ0v) is 12.7. The molecule has 1 amide bonds. The second-order valence-electron chi connectivity index (χ2n) is 5.16. The number of aryl methyl sites for hydroxylation is 3. The molecule has 3 rings (SSSR count). The molecule has 22 heavy (non-hydrogen) atoms. The summed E-state index contributed by atoms with van der Waals surface area (Å²) in [6.45, 7) is 3.78. The number of benzene rings is 1. The Morgan fingerprint density at radius 3 is 3.00 bits per heavy atom.